The van der Waals surface area contributed by atoms with Gasteiger partial charge >= 0.3 is 5.97 Å². The molecule has 0 saturated heterocycles. The predicted molar refractivity (Wildman–Crippen MR) is 107 cm³/mol. The molecule has 0 fully saturated rings. The van der Waals surface area contributed by atoms with Crippen molar-refractivity contribution < 1.29 is 32.3 Å². The Hall–Kier alpha value is -3.14. The van der Waals surface area contributed by atoms with Crippen LogP contribution in [0.3, 0.4) is 0 Å². The number of hydrogen-bond acceptors (Lipinski definition) is 4. The SMILES string of the molecule is CC(OC(=O)/C=C/c1cccc(Br)c1)C(=O)NCC(=O)Nc1ccc(F)c(F)c1F. The molecular formula is C20H16BrF3N2O4. The fourth-order valence-electron chi connectivity index (χ4n) is 2.17. The lowest BCUT2D eigenvalue weighted by molar-refractivity contribution is -0.150. The number of nitrogens with one attached hydrogen (secondary N) is 2. The molecule has 1 unspecified atom stereocenters. The van der Waals surface area contributed by atoms with Gasteiger partial charge in [-0.2, -0.15) is 0 Å². The number of rotatable bonds is 7. The van der Waals surface area contributed by atoms with E-state index in [0.717, 1.165) is 22.2 Å². The average molecular weight is 485 g/mol. The van der Waals surface area contributed by atoms with Gasteiger partial charge in [0.1, 0.15) is 0 Å². The number of carbonyl (C=O) groups excluding carboxylic acids is 3. The van der Waals surface area contributed by atoms with E-state index in [2.05, 4.69) is 21.2 Å². The van der Waals surface area contributed by atoms with Crippen molar-refractivity contribution in [1.29, 1.82) is 0 Å². The summed E-state index contributed by atoms with van der Waals surface area (Å²) in [7, 11) is 0. The minimum Gasteiger partial charge on any atom is -0.449 e. The molecule has 0 radical (unpaired) electrons. The molecule has 0 aliphatic carbocycles. The summed E-state index contributed by atoms with van der Waals surface area (Å²) < 4.78 is 45.3. The van der Waals surface area contributed by atoms with Gasteiger partial charge in [-0.3, -0.25) is 9.59 Å². The number of amides is 2. The van der Waals surface area contributed by atoms with E-state index in [1.54, 1.807) is 18.2 Å². The van der Waals surface area contributed by atoms with Crippen molar-refractivity contribution >= 4 is 45.5 Å². The highest BCUT2D eigenvalue weighted by Gasteiger charge is 2.19. The van der Waals surface area contributed by atoms with Crippen molar-refractivity contribution in [1.82, 2.24) is 5.32 Å². The summed E-state index contributed by atoms with van der Waals surface area (Å²) in [6, 6.07) is 8.63. The van der Waals surface area contributed by atoms with Crippen LogP contribution in [0, 0.1) is 17.5 Å². The Bertz CT molecular complexity index is 998. The second kappa shape index (κ2) is 10.6. The van der Waals surface area contributed by atoms with E-state index in [0.29, 0.717) is 6.07 Å². The lowest BCUT2D eigenvalue weighted by atomic mass is 10.2. The highest BCUT2D eigenvalue weighted by molar-refractivity contribution is 9.10. The van der Waals surface area contributed by atoms with Crippen LogP contribution in [0.4, 0.5) is 18.9 Å². The smallest absolute Gasteiger partial charge is 0.331 e. The van der Waals surface area contributed by atoms with E-state index in [1.807, 2.05) is 11.4 Å². The van der Waals surface area contributed by atoms with Gasteiger partial charge < -0.3 is 15.4 Å². The van der Waals surface area contributed by atoms with E-state index in [4.69, 9.17) is 4.74 Å². The molecule has 0 aliphatic rings. The molecule has 0 spiro atoms. The summed E-state index contributed by atoms with van der Waals surface area (Å²) in [5, 5.41) is 4.18. The van der Waals surface area contributed by atoms with E-state index in [9.17, 15) is 27.6 Å². The van der Waals surface area contributed by atoms with Crippen molar-refractivity contribution in [3.8, 4) is 0 Å². The highest BCUT2D eigenvalue weighted by atomic mass is 79.9. The van der Waals surface area contributed by atoms with Crippen LogP contribution in [0.25, 0.3) is 6.08 Å². The third kappa shape index (κ3) is 6.73. The molecule has 30 heavy (non-hydrogen) atoms. The molecule has 2 aromatic rings. The topological polar surface area (TPSA) is 84.5 Å². The second-order valence-electron chi connectivity index (χ2n) is 5.96. The van der Waals surface area contributed by atoms with Gasteiger partial charge in [0.25, 0.3) is 5.91 Å². The Morgan fingerprint density at radius 2 is 1.87 bits per heavy atom. The average Bonchev–Trinajstić information content (AvgIpc) is 2.71. The van der Waals surface area contributed by atoms with Crippen molar-refractivity contribution in [3.63, 3.8) is 0 Å². The van der Waals surface area contributed by atoms with Crippen molar-refractivity contribution in [2.75, 3.05) is 11.9 Å². The van der Waals surface area contributed by atoms with Crippen LogP contribution >= 0.6 is 15.9 Å². The van der Waals surface area contributed by atoms with Crippen molar-refractivity contribution in [3.05, 3.63) is 70.0 Å². The summed E-state index contributed by atoms with van der Waals surface area (Å²) in [6.45, 7) is 0.695. The summed E-state index contributed by atoms with van der Waals surface area (Å²) in [4.78, 5) is 35.5. The van der Waals surface area contributed by atoms with Gasteiger partial charge in [0, 0.05) is 10.5 Å². The zero-order chi connectivity index (χ0) is 22.3. The maximum atomic E-state index is 13.5. The Kier molecular flexibility index (Phi) is 8.16. The predicted octanol–water partition coefficient (Wildman–Crippen LogP) is 3.57. The number of ether oxygens (including phenoxy) is 1. The van der Waals surface area contributed by atoms with E-state index in [1.165, 1.54) is 13.0 Å². The first-order valence-electron chi connectivity index (χ1n) is 8.52. The molecule has 1 atom stereocenters. The Morgan fingerprint density at radius 1 is 1.13 bits per heavy atom. The van der Waals surface area contributed by atoms with E-state index >= 15 is 0 Å². The fraction of sp³-hybridized carbons (Fsp3) is 0.150. The third-order valence-corrected chi connectivity index (χ3v) is 4.15. The van der Waals surface area contributed by atoms with E-state index in [-0.39, 0.29) is 0 Å². The van der Waals surface area contributed by atoms with Crippen LogP contribution < -0.4 is 10.6 Å². The third-order valence-electron chi connectivity index (χ3n) is 3.66. The summed E-state index contributed by atoms with van der Waals surface area (Å²) >= 11 is 3.30. The zero-order valence-electron chi connectivity index (χ0n) is 15.5. The van der Waals surface area contributed by atoms with Crippen molar-refractivity contribution in [2.45, 2.75) is 13.0 Å². The minimum atomic E-state index is -1.73. The van der Waals surface area contributed by atoms with Crippen LogP contribution in [-0.2, 0) is 19.1 Å². The van der Waals surface area contributed by atoms with E-state index < -0.39 is 53.6 Å². The molecule has 0 aromatic heterocycles. The quantitative estimate of drug-likeness (QED) is 0.357. The molecule has 0 aliphatic heterocycles. The van der Waals surface area contributed by atoms with Gasteiger partial charge in [0.2, 0.25) is 5.91 Å². The number of esters is 1. The van der Waals surface area contributed by atoms with Crippen LogP contribution in [0.15, 0.2) is 46.9 Å². The Balaban J connectivity index is 1.81. The van der Waals surface area contributed by atoms with Gasteiger partial charge in [0.05, 0.1) is 12.2 Å². The van der Waals surface area contributed by atoms with Gasteiger partial charge in [-0.1, -0.05) is 28.1 Å². The van der Waals surface area contributed by atoms with Gasteiger partial charge in [-0.15, -0.1) is 0 Å². The lowest BCUT2D eigenvalue weighted by Crippen LogP contribution is -2.40. The van der Waals surface area contributed by atoms with Gasteiger partial charge in [-0.25, -0.2) is 18.0 Å². The molecule has 158 valence electrons. The first-order chi connectivity index (χ1) is 14.2. The number of benzene rings is 2. The molecule has 0 saturated carbocycles. The molecule has 2 aromatic carbocycles. The lowest BCUT2D eigenvalue weighted by Gasteiger charge is -2.12. The summed E-state index contributed by atoms with van der Waals surface area (Å²) in [5.41, 5.74) is 0.157. The minimum absolute atomic E-state index is 0.578. The Morgan fingerprint density at radius 3 is 2.57 bits per heavy atom. The van der Waals surface area contributed by atoms with Crippen LogP contribution in [-0.4, -0.2) is 30.4 Å². The van der Waals surface area contributed by atoms with Crippen molar-refractivity contribution in [2.24, 2.45) is 0 Å². The molecule has 0 bridgehead atoms. The zero-order valence-corrected chi connectivity index (χ0v) is 17.1. The number of carbonyl (C=O) groups is 3. The van der Waals surface area contributed by atoms with Crippen LogP contribution in [0.5, 0.6) is 0 Å². The first-order valence-corrected chi connectivity index (χ1v) is 9.32. The molecule has 2 amide bonds. The summed E-state index contributed by atoms with van der Waals surface area (Å²) in [6.07, 6.45) is 1.43. The highest BCUT2D eigenvalue weighted by Crippen LogP contribution is 2.19. The van der Waals surface area contributed by atoms with Crippen LogP contribution in [0.2, 0.25) is 0 Å². The maximum absolute atomic E-state index is 13.5. The number of halogens is 4. The maximum Gasteiger partial charge on any atom is 0.331 e. The molecular weight excluding hydrogens is 469 g/mol. The van der Waals surface area contributed by atoms with Crippen LogP contribution in [0.1, 0.15) is 12.5 Å². The molecule has 10 heteroatoms. The molecule has 6 nitrogen and oxygen atoms in total. The largest absolute Gasteiger partial charge is 0.449 e. The summed E-state index contributed by atoms with van der Waals surface area (Å²) in [5.74, 6) is -7.13. The number of anilines is 1. The standard InChI is InChI=1S/C20H16BrF3N2O4/c1-11(30-17(28)8-5-12-3-2-4-13(21)9-12)20(29)25-10-16(27)26-15-7-6-14(22)18(23)19(15)24/h2-9,11H,10H2,1H3,(H,25,29)(H,26,27)/b8-5+. The molecule has 2 N–H and O–H groups in total. The number of hydrogen-bond donors (Lipinski definition) is 2. The Labute approximate surface area is 178 Å². The first kappa shape index (κ1) is 23.1. The second-order valence-corrected chi connectivity index (χ2v) is 6.87. The van der Waals surface area contributed by atoms with Gasteiger partial charge in [0.15, 0.2) is 23.6 Å². The molecule has 0 heterocycles. The fourth-order valence-corrected chi connectivity index (χ4v) is 2.59. The normalized spacial score (nSPS) is 11.8. The molecule has 2 rings (SSSR count). The van der Waals surface area contributed by atoms with Gasteiger partial charge in [-0.05, 0) is 42.8 Å². The monoisotopic (exact) mass is 484 g/mol.